The summed E-state index contributed by atoms with van der Waals surface area (Å²) in [5.41, 5.74) is 3.85. The summed E-state index contributed by atoms with van der Waals surface area (Å²) >= 11 is 0. The van der Waals surface area contributed by atoms with E-state index in [2.05, 4.69) is 53.6 Å². The van der Waals surface area contributed by atoms with Crippen molar-refractivity contribution >= 4 is 5.69 Å². The van der Waals surface area contributed by atoms with Gasteiger partial charge in [0.25, 0.3) is 0 Å². The molecular formula is C21H24N2O. The number of nitrogens with one attached hydrogen (secondary N) is 1. The van der Waals surface area contributed by atoms with E-state index in [9.17, 15) is 0 Å². The number of unbranched alkanes of at least 4 members (excludes halogenated alkanes) is 1. The second kappa shape index (κ2) is 6.68. The number of ether oxygens (including phenoxy) is 1. The van der Waals surface area contributed by atoms with Crippen molar-refractivity contribution in [2.75, 3.05) is 11.9 Å². The number of allylic oxidation sites excluding steroid dienone is 2. The second-order valence-electron chi connectivity index (χ2n) is 6.71. The van der Waals surface area contributed by atoms with E-state index in [1.54, 1.807) is 0 Å². The highest BCUT2D eigenvalue weighted by molar-refractivity contribution is 5.61. The molecule has 1 aromatic carbocycles. The number of hydrogen-bond donors (Lipinski definition) is 1. The van der Waals surface area contributed by atoms with Gasteiger partial charge >= 0.3 is 0 Å². The summed E-state index contributed by atoms with van der Waals surface area (Å²) in [7, 11) is 0. The van der Waals surface area contributed by atoms with Crippen molar-refractivity contribution in [1.29, 1.82) is 0 Å². The molecule has 1 N–H and O–H groups in total. The Morgan fingerprint density at radius 2 is 2.25 bits per heavy atom. The van der Waals surface area contributed by atoms with E-state index >= 15 is 0 Å². The lowest BCUT2D eigenvalue weighted by molar-refractivity contribution is 0.308. The van der Waals surface area contributed by atoms with Gasteiger partial charge in [0, 0.05) is 24.0 Å². The number of pyridine rings is 1. The molecule has 3 nitrogen and oxygen atoms in total. The van der Waals surface area contributed by atoms with Crippen LogP contribution in [0.15, 0.2) is 54.9 Å². The molecule has 4 rings (SSSR count). The largest absolute Gasteiger partial charge is 0.494 e. The first-order valence-electron chi connectivity index (χ1n) is 8.96. The lowest BCUT2D eigenvalue weighted by Crippen LogP contribution is -2.29. The number of rotatable bonds is 5. The molecule has 0 saturated carbocycles. The predicted molar refractivity (Wildman–Crippen MR) is 97.4 cm³/mol. The van der Waals surface area contributed by atoms with Crippen LogP contribution in [0.4, 0.5) is 5.69 Å². The molecule has 3 unspecified atom stereocenters. The summed E-state index contributed by atoms with van der Waals surface area (Å²) in [6.45, 7) is 2.98. The number of anilines is 1. The van der Waals surface area contributed by atoms with Gasteiger partial charge in [0.1, 0.15) is 5.75 Å². The van der Waals surface area contributed by atoms with Crippen molar-refractivity contribution in [3.8, 4) is 5.75 Å². The van der Waals surface area contributed by atoms with Gasteiger partial charge in [-0.1, -0.05) is 31.6 Å². The van der Waals surface area contributed by atoms with Crippen molar-refractivity contribution in [3.63, 3.8) is 0 Å². The van der Waals surface area contributed by atoms with Gasteiger partial charge in [-0.05, 0) is 54.2 Å². The van der Waals surface area contributed by atoms with Gasteiger partial charge in [-0.3, -0.25) is 4.98 Å². The molecule has 2 aliphatic rings. The average Bonchev–Trinajstić information content (AvgIpc) is 3.12. The maximum atomic E-state index is 5.91. The zero-order valence-electron chi connectivity index (χ0n) is 14.1. The van der Waals surface area contributed by atoms with Gasteiger partial charge in [-0.25, -0.2) is 0 Å². The Hall–Kier alpha value is -2.29. The van der Waals surface area contributed by atoms with E-state index in [1.165, 1.54) is 16.8 Å². The molecule has 1 aliphatic carbocycles. The first-order valence-corrected chi connectivity index (χ1v) is 8.96. The molecule has 0 radical (unpaired) electrons. The number of hydrogen-bond acceptors (Lipinski definition) is 3. The van der Waals surface area contributed by atoms with Crippen molar-refractivity contribution in [2.45, 2.75) is 38.1 Å². The molecule has 3 heteroatoms. The van der Waals surface area contributed by atoms with E-state index in [-0.39, 0.29) is 0 Å². The van der Waals surface area contributed by atoms with E-state index < -0.39 is 0 Å². The van der Waals surface area contributed by atoms with Gasteiger partial charge < -0.3 is 10.1 Å². The first kappa shape index (κ1) is 15.3. The Balaban J connectivity index is 1.63. The summed E-state index contributed by atoms with van der Waals surface area (Å²) < 4.78 is 5.91. The number of aromatic nitrogens is 1. The third-order valence-electron chi connectivity index (χ3n) is 5.14. The molecule has 2 heterocycles. The minimum atomic E-state index is 0.318. The fourth-order valence-corrected chi connectivity index (χ4v) is 3.89. The van der Waals surface area contributed by atoms with Crippen LogP contribution in [0.3, 0.4) is 0 Å². The Morgan fingerprint density at radius 3 is 3.08 bits per heavy atom. The molecule has 3 atom stereocenters. The number of nitrogens with zero attached hydrogens (tertiary/aromatic N) is 1. The fourth-order valence-electron chi connectivity index (χ4n) is 3.89. The molecule has 0 fully saturated rings. The van der Waals surface area contributed by atoms with E-state index in [1.807, 2.05) is 18.5 Å². The van der Waals surface area contributed by atoms with Crippen molar-refractivity contribution in [2.24, 2.45) is 5.92 Å². The SMILES string of the molecule is CCCCOc1ccc2c(c1)C1C=CCC1C(c1cccnc1)N2. The molecule has 1 aliphatic heterocycles. The summed E-state index contributed by atoms with van der Waals surface area (Å²) in [4.78, 5) is 4.31. The lowest BCUT2D eigenvalue weighted by atomic mass is 9.77. The van der Waals surface area contributed by atoms with Gasteiger partial charge in [-0.15, -0.1) is 0 Å². The molecule has 124 valence electrons. The Labute approximate surface area is 143 Å². The molecular weight excluding hydrogens is 296 g/mol. The van der Waals surface area contributed by atoms with Crippen LogP contribution in [-0.4, -0.2) is 11.6 Å². The first-order chi connectivity index (χ1) is 11.9. The Morgan fingerprint density at radius 1 is 1.29 bits per heavy atom. The van der Waals surface area contributed by atoms with Crippen LogP contribution in [0.25, 0.3) is 0 Å². The molecule has 0 bridgehead atoms. The number of benzene rings is 1. The molecule has 1 aromatic heterocycles. The highest BCUT2D eigenvalue weighted by Crippen LogP contribution is 2.50. The molecule has 0 spiro atoms. The topological polar surface area (TPSA) is 34.1 Å². The summed E-state index contributed by atoms with van der Waals surface area (Å²) in [5.74, 6) is 2.00. The van der Waals surface area contributed by atoms with Gasteiger partial charge in [-0.2, -0.15) is 0 Å². The zero-order chi connectivity index (χ0) is 16.4. The molecule has 0 saturated heterocycles. The van der Waals surface area contributed by atoms with Gasteiger partial charge in [0.2, 0.25) is 0 Å². The molecule has 24 heavy (non-hydrogen) atoms. The van der Waals surface area contributed by atoms with Gasteiger partial charge in [0.15, 0.2) is 0 Å². The maximum absolute atomic E-state index is 5.91. The summed E-state index contributed by atoms with van der Waals surface area (Å²) in [6, 6.07) is 11.0. The smallest absolute Gasteiger partial charge is 0.119 e. The van der Waals surface area contributed by atoms with Crippen LogP contribution in [0.2, 0.25) is 0 Å². The highest BCUT2D eigenvalue weighted by atomic mass is 16.5. The minimum Gasteiger partial charge on any atom is -0.494 e. The van der Waals surface area contributed by atoms with Crippen molar-refractivity contribution in [3.05, 3.63) is 66.0 Å². The van der Waals surface area contributed by atoms with Crippen LogP contribution < -0.4 is 10.1 Å². The Bertz CT molecular complexity index is 726. The fraction of sp³-hybridized carbons (Fsp3) is 0.381. The quantitative estimate of drug-likeness (QED) is 0.615. The summed E-state index contributed by atoms with van der Waals surface area (Å²) in [5, 5.41) is 3.74. The minimum absolute atomic E-state index is 0.318. The number of fused-ring (bicyclic) bond motifs is 3. The van der Waals surface area contributed by atoms with Crippen LogP contribution in [0, 0.1) is 5.92 Å². The second-order valence-corrected chi connectivity index (χ2v) is 6.71. The third kappa shape index (κ3) is 2.79. The lowest BCUT2D eigenvalue weighted by Gasteiger charge is -2.37. The van der Waals surface area contributed by atoms with Crippen LogP contribution in [-0.2, 0) is 0 Å². The average molecular weight is 320 g/mol. The van der Waals surface area contributed by atoms with E-state index in [4.69, 9.17) is 4.74 Å². The molecule has 2 aromatic rings. The predicted octanol–water partition coefficient (Wildman–Crippen LogP) is 5.09. The molecule has 0 amide bonds. The van der Waals surface area contributed by atoms with Crippen LogP contribution >= 0.6 is 0 Å². The van der Waals surface area contributed by atoms with E-state index in [0.29, 0.717) is 17.9 Å². The standard InChI is InChI=1S/C21H24N2O/c1-2-3-12-24-16-9-10-20-19(13-16)17-7-4-8-18(17)21(23-20)15-6-5-11-22-14-15/h4-7,9-11,13-14,17-18,21,23H,2-3,8,12H2,1H3. The maximum Gasteiger partial charge on any atom is 0.119 e. The summed E-state index contributed by atoms with van der Waals surface area (Å²) in [6.07, 6.45) is 11.9. The highest BCUT2D eigenvalue weighted by Gasteiger charge is 2.38. The third-order valence-corrected chi connectivity index (χ3v) is 5.14. The van der Waals surface area contributed by atoms with Crippen LogP contribution in [0.1, 0.15) is 49.3 Å². The zero-order valence-corrected chi connectivity index (χ0v) is 14.1. The van der Waals surface area contributed by atoms with Crippen molar-refractivity contribution < 1.29 is 4.74 Å². The van der Waals surface area contributed by atoms with Crippen LogP contribution in [0.5, 0.6) is 5.75 Å². The normalized spacial score (nSPS) is 24.1. The van der Waals surface area contributed by atoms with Crippen molar-refractivity contribution in [1.82, 2.24) is 4.98 Å². The monoisotopic (exact) mass is 320 g/mol. The Kier molecular flexibility index (Phi) is 4.24. The van der Waals surface area contributed by atoms with Gasteiger partial charge in [0.05, 0.1) is 12.6 Å². The van der Waals surface area contributed by atoms with E-state index in [0.717, 1.165) is 31.6 Å².